The second-order valence-corrected chi connectivity index (χ2v) is 4.39. The van der Waals surface area contributed by atoms with E-state index in [4.69, 9.17) is 0 Å². The van der Waals surface area contributed by atoms with E-state index < -0.39 is 0 Å². The zero-order chi connectivity index (χ0) is 10.1. The standard InChI is InChI=1S/C10H18O3/c1-10(2)7(4-5-8(10)11)6-9(12)13-3/h7-8,11H,4-6H2,1-3H3/t7-,8-/m0/s1. The molecule has 1 rings (SSSR count). The van der Waals surface area contributed by atoms with Crippen LogP contribution in [0.1, 0.15) is 33.1 Å². The molecule has 0 aromatic carbocycles. The van der Waals surface area contributed by atoms with Crippen molar-refractivity contribution in [2.45, 2.75) is 39.2 Å². The summed E-state index contributed by atoms with van der Waals surface area (Å²) >= 11 is 0. The number of carbonyl (C=O) groups is 1. The number of aliphatic hydroxyl groups excluding tert-OH is 1. The molecule has 1 N–H and O–H groups in total. The zero-order valence-electron chi connectivity index (χ0n) is 8.54. The van der Waals surface area contributed by atoms with E-state index in [-0.39, 0.29) is 23.4 Å². The number of hydrogen-bond donors (Lipinski definition) is 1. The Bertz CT molecular complexity index is 198. The molecule has 13 heavy (non-hydrogen) atoms. The Balaban J connectivity index is 2.57. The fourth-order valence-electron chi connectivity index (χ4n) is 2.02. The molecule has 1 aliphatic rings. The van der Waals surface area contributed by atoms with Gasteiger partial charge >= 0.3 is 5.97 Å². The number of methoxy groups -OCH3 is 1. The largest absolute Gasteiger partial charge is 0.469 e. The molecule has 0 aromatic heterocycles. The van der Waals surface area contributed by atoms with Gasteiger partial charge in [0.15, 0.2) is 0 Å². The first-order valence-electron chi connectivity index (χ1n) is 4.73. The average molecular weight is 186 g/mol. The molecule has 0 aliphatic heterocycles. The lowest BCUT2D eigenvalue weighted by atomic mass is 9.78. The summed E-state index contributed by atoms with van der Waals surface area (Å²) in [5.74, 6) is 0.0853. The molecule has 0 heterocycles. The summed E-state index contributed by atoms with van der Waals surface area (Å²) in [6, 6.07) is 0. The Labute approximate surface area is 79.1 Å². The summed E-state index contributed by atoms with van der Waals surface area (Å²) in [5, 5.41) is 9.66. The van der Waals surface area contributed by atoms with Gasteiger partial charge in [-0.1, -0.05) is 13.8 Å². The highest BCUT2D eigenvalue weighted by Gasteiger charge is 2.42. The minimum absolute atomic E-state index is 0.145. The molecule has 0 amide bonds. The quantitative estimate of drug-likeness (QED) is 0.662. The van der Waals surface area contributed by atoms with Crippen LogP contribution in [-0.4, -0.2) is 24.3 Å². The summed E-state index contributed by atoms with van der Waals surface area (Å²) in [5.41, 5.74) is -0.145. The third-order valence-corrected chi connectivity index (χ3v) is 3.34. The molecule has 0 spiro atoms. The Morgan fingerprint density at radius 3 is 2.54 bits per heavy atom. The van der Waals surface area contributed by atoms with Crippen molar-refractivity contribution < 1.29 is 14.6 Å². The summed E-state index contributed by atoms with van der Waals surface area (Å²) in [6.07, 6.45) is 1.88. The topological polar surface area (TPSA) is 46.5 Å². The van der Waals surface area contributed by atoms with Crippen LogP contribution in [0.2, 0.25) is 0 Å². The molecule has 0 radical (unpaired) electrons. The first-order chi connectivity index (χ1) is 5.98. The van der Waals surface area contributed by atoms with Gasteiger partial charge in [0.1, 0.15) is 0 Å². The van der Waals surface area contributed by atoms with Crippen LogP contribution in [0, 0.1) is 11.3 Å². The van der Waals surface area contributed by atoms with E-state index in [0.29, 0.717) is 6.42 Å². The minimum atomic E-state index is -0.276. The molecule has 1 aliphatic carbocycles. The number of aliphatic hydroxyl groups is 1. The Morgan fingerprint density at radius 1 is 1.54 bits per heavy atom. The van der Waals surface area contributed by atoms with E-state index in [1.807, 2.05) is 13.8 Å². The molecule has 0 bridgehead atoms. The molecular formula is C10H18O3. The van der Waals surface area contributed by atoms with E-state index in [9.17, 15) is 9.90 Å². The van der Waals surface area contributed by atoms with Crippen LogP contribution in [0.3, 0.4) is 0 Å². The number of esters is 1. The smallest absolute Gasteiger partial charge is 0.305 e. The maximum atomic E-state index is 11.1. The lowest BCUT2D eigenvalue weighted by Gasteiger charge is -2.29. The average Bonchev–Trinajstić information content (AvgIpc) is 2.31. The predicted octanol–water partition coefficient (Wildman–Crippen LogP) is 1.35. The van der Waals surface area contributed by atoms with Crippen molar-refractivity contribution in [2.75, 3.05) is 7.11 Å². The summed E-state index contributed by atoms with van der Waals surface area (Å²) in [7, 11) is 1.40. The molecule has 76 valence electrons. The summed E-state index contributed by atoms with van der Waals surface area (Å²) < 4.78 is 4.62. The summed E-state index contributed by atoms with van der Waals surface area (Å²) in [4.78, 5) is 11.1. The SMILES string of the molecule is COC(=O)C[C@@H]1CC[C@H](O)C1(C)C. The third-order valence-electron chi connectivity index (χ3n) is 3.34. The molecule has 3 nitrogen and oxygen atoms in total. The number of hydrogen-bond acceptors (Lipinski definition) is 3. The Morgan fingerprint density at radius 2 is 2.15 bits per heavy atom. The Kier molecular flexibility index (Phi) is 2.96. The monoisotopic (exact) mass is 186 g/mol. The van der Waals surface area contributed by atoms with Crippen LogP contribution in [0.15, 0.2) is 0 Å². The first-order valence-corrected chi connectivity index (χ1v) is 4.73. The van der Waals surface area contributed by atoms with Gasteiger partial charge in [-0.2, -0.15) is 0 Å². The highest BCUT2D eigenvalue weighted by molar-refractivity contribution is 5.69. The second-order valence-electron chi connectivity index (χ2n) is 4.39. The highest BCUT2D eigenvalue weighted by Crippen LogP contribution is 2.44. The minimum Gasteiger partial charge on any atom is -0.469 e. The zero-order valence-corrected chi connectivity index (χ0v) is 8.54. The van der Waals surface area contributed by atoms with Gasteiger partial charge in [-0.15, -0.1) is 0 Å². The molecule has 2 atom stereocenters. The number of ether oxygens (including phenoxy) is 1. The van der Waals surface area contributed by atoms with Gasteiger partial charge in [-0.3, -0.25) is 4.79 Å². The molecule has 0 saturated heterocycles. The highest BCUT2D eigenvalue weighted by atomic mass is 16.5. The van der Waals surface area contributed by atoms with Gasteiger partial charge in [0.05, 0.1) is 13.2 Å². The van der Waals surface area contributed by atoms with E-state index in [1.165, 1.54) is 7.11 Å². The molecular weight excluding hydrogens is 168 g/mol. The predicted molar refractivity (Wildman–Crippen MR) is 49.1 cm³/mol. The van der Waals surface area contributed by atoms with E-state index in [0.717, 1.165) is 12.8 Å². The number of rotatable bonds is 2. The van der Waals surface area contributed by atoms with Gasteiger partial charge in [0.2, 0.25) is 0 Å². The van der Waals surface area contributed by atoms with Crippen LogP contribution >= 0.6 is 0 Å². The number of carbonyl (C=O) groups excluding carboxylic acids is 1. The van der Waals surface area contributed by atoms with Crippen molar-refractivity contribution >= 4 is 5.97 Å². The van der Waals surface area contributed by atoms with Crippen LogP contribution < -0.4 is 0 Å². The summed E-state index contributed by atoms with van der Waals surface area (Å²) in [6.45, 7) is 4.02. The first kappa shape index (κ1) is 10.5. The van der Waals surface area contributed by atoms with Crippen molar-refractivity contribution in [2.24, 2.45) is 11.3 Å². The normalized spacial score (nSPS) is 31.7. The lowest BCUT2D eigenvalue weighted by Crippen LogP contribution is -2.30. The van der Waals surface area contributed by atoms with Crippen molar-refractivity contribution in [3.05, 3.63) is 0 Å². The lowest BCUT2D eigenvalue weighted by molar-refractivity contribution is -0.142. The molecule has 1 fully saturated rings. The molecule has 0 aromatic rings. The van der Waals surface area contributed by atoms with Gasteiger partial charge < -0.3 is 9.84 Å². The second kappa shape index (κ2) is 3.66. The third kappa shape index (κ3) is 2.02. The van der Waals surface area contributed by atoms with Gasteiger partial charge in [0.25, 0.3) is 0 Å². The van der Waals surface area contributed by atoms with Gasteiger partial charge in [0, 0.05) is 6.42 Å². The molecule has 3 heteroatoms. The van der Waals surface area contributed by atoms with E-state index >= 15 is 0 Å². The van der Waals surface area contributed by atoms with E-state index in [2.05, 4.69) is 4.74 Å². The maximum absolute atomic E-state index is 11.1. The van der Waals surface area contributed by atoms with Crippen LogP contribution in [0.25, 0.3) is 0 Å². The fourth-order valence-corrected chi connectivity index (χ4v) is 2.02. The Hall–Kier alpha value is -0.570. The van der Waals surface area contributed by atoms with Crippen LogP contribution in [0.4, 0.5) is 0 Å². The van der Waals surface area contributed by atoms with Crippen molar-refractivity contribution in [1.82, 2.24) is 0 Å². The van der Waals surface area contributed by atoms with Gasteiger partial charge in [-0.05, 0) is 24.2 Å². The maximum Gasteiger partial charge on any atom is 0.305 e. The van der Waals surface area contributed by atoms with Crippen molar-refractivity contribution in [1.29, 1.82) is 0 Å². The van der Waals surface area contributed by atoms with E-state index in [1.54, 1.807) is 0 Å². The molecule has 0 unspecified atom stereocenters. The molecule has 1 saturated carbocycles. The van der Waals surface area contributed by atoms with Crippen molar-refractivity contribution in [3.8, 4) is 0 Å². The van der Waals surface area contributed by atoms with Crippen molar-refractivity contribution in [3.63, 3.8) is 0 Å². The van der Waals surface area contributed by atoms with Crippen LogP contribution in [0.5, 0.6) is 0 Å². The fraction of sp³-hybridized carbons (Fsp3) is 0.900. The van der Waals surface area contributed by atoms with Crippen LogP contribution in [-0.2, 0) is 9.53 Å². The van der Waals surface area contributed by atoms with Gasteiger partial charge in [-0.25, -0.2) is 0 Å².